The van der Waals surface area contributed by atoms with Crippen molar-refractivity contribution in [2.24, 2.45) is 23.7 Å². The second-order valence-electron chi connectivity index (χ2n) is 15.4. The Kier molecular flexibility index (Phi) is 6.04. The lowest BCUT2D eigenvalue weighted by Gasteiger charge is -2.46. The lowest BCUT2D eigenvalue weighted by atomic mass is 9.54. The van der Waals surface area contributed by atoms with E-state index < -0.39 is 16.8 Å². The molecule has 1 spiro atoms. The Morgan fingerprint density at radius 1 is 0.647 bits per heavy atom. The summed E-state index contributed by atoms with van der Waals surface area (Å²) in [6.45, 7) is 0.905. The number of amides is 2. The molecule has 5 aromatic carbocycles. The van der Waals surface area contributed by atoms with E-state index in [0.29, 0.717) is 19.1 Å². The normalized spacial score (nSPS) is 29.6. The summed E-state index contributed by atoms with van der Waals surface area (Å²) >= 11 is 0. The average Bonchev–Trinajstić information content (AvgIpc) is 3.69. The summed E-state index contributed by atoms with van der Waals surface area (Å²) in [7, 11) is 0. The predicted octanol–water partition coefficient (Wildman–Crippen LogP) is 7.02. The highest BCUT2D eigenvalue weighted by molar-refractivity contribution is 6.23. The summed E-state index contributed by atoms with van der Waals surface area (Å²) < 4.78 is 12.8. The first-order chi connectivity index (χ1) is 24.9. The fourth-order valence-corrected chi connectivity index (χ4v) is 11.0. The van der Waals surface area contributed by atoms with E-state index >= 15 is 0 Å². The first-order valence-corrected chi connectivity index (χ1v) is 18.0. The molecule has 7 atom stereocenters. The van der Waals surface area contributed by atoms with Crippen LogP contribution in [0, 0.1) is 33.8 Å². The van der Waals surface area contributed by atoms with Crippen molar-refractivity contribution in [3.63, 3.8) is 0 Å². The minimum absolute atomic E-state index is 0.0788. The number of nitro groups is 1. The zero-order chi connectivity index (χ0) is 34.2. The van der Waals surface area contributed by atoms with Gasteiger partial charge >= 0.3 is 0 Å². The number of fused-ring (bicyclic) bond motifs is 3. The number of carbonyl (C=O) groups is 2. The number of hydrogen-bond acceptors (Lipinski definition) is 6. The van der Waals surface area contributed by atoms with Gasteiger partial charge in [0.25, 0.3) is 5.69 Å². The molecule has 1 unspecified atom stereocenters. The van der Waals surface area contributed by atoms with Crippen molar-refractivity contribution in [1.82, 2.24) is 0 Å². The highest BCUT2D eigenvalue weighted by Gasteiger charge is 2.62. The van der Waals surface area contributed by atoms with Gasteiger partial charge in [-0.25, -0.2) is 4.90 Å². The standard InChI is InChI=1S/C43H34N2O6/c46-41-39-37-33-7-3-4-8-34(33)38(40(39)42(47)44(41)31-9-11-32(12-10-31)45(48)49)36-20-28-18-30-16-26-14-24-6-2-1-5-23(24)13-25(26)15-29(17-27(28)19-35(36)37)43(30)21-50-22-51-43/h1-14,19-20,29-30,37-40H,15-18,21-22H2/t29-,30+,37-,38+,39-,40+,43?. The molecule has 8 nitrogen and oxygen atoms in total. The van der Waals surface area contributed by atoms with Crippen LogP contribution >= 0.6 is 0 Å². The highest BCUT2D eigenvalue weighted by atomic mass is 16.7. The van der Waals surface area contributed by atoms with E-state index in [2.05, 4.69) is 60.7 Å². The fraction of sp³-hybridized carbons (Fsp3) is 0.302. The zero-order valence-corrected chi connectivity index (χ0v) is 27.8. The number of ether oxygens (including phenoxy) is 2. The number of imide groups is 1. The van der Waals surface area contributed by atoms with Crippen molar-refractivity contribution in [2.45, 2.75) is 43.1 Å². The van der Waals surface area contributed by atoms with Crippen molar-refractivity contribution in [2.75, 3.05) is 18.3 Å². The fourth-order valence-electron chi connectivity index (χ4n) is 11.0. The van der Waals surface area contributed by atoms with E-state index in [4.69, 9.17) is 9.47 Å². The Balaban J connectivity index is 1.04. The first-order valence-electron chi connectivity index (χ1n) is 18.0. The molecule has 5 aromatic rings. The van der Waals surface area contributed by atoms with Gasteiger partial charge in [-0.3, -0.25) is 19.7 Å². The van der Waals surface area contributed by atoms with Crippen LogP contribution in [-0.2, 0) is 44.7 Å². The number of benzene rings is 5. The number of nitrogens with zero attached hydrogens (tertiary/aromatic N) is 2. The molecule has 4 bridgehead atoms. The van der Waals surface area contributed by atoms with Gasteiger partial charge in [0.15, 0.2) is 0 Å². The summed E-state index contributed by atoms with van der Waals surface area (Å²) in [6, 6.07) is 32.2. The van der Waals surface area contributed by atoms with Crippen LogP contribution in [0.15, 0.2) is 97.1 Å². The summed E-state index contributed by atoms with van der Waals surface area (Å²) in [5, 5.41) is 13.9. The summed E-state index contributed by atoms with van der Waals surface area (Å²) in [6.07, 6.45) is 3.52. The first kappa shape index (κ1) is 29.5. The third-order valence-electron chi connectivity index (χ3n) is 13.2. The molecule has 8 heteroatoms. The molecule has 2 fully saturated rings. The molecule has 0 radical (unpaired) electrons. The van der Waals surface area contributed by atoms with Crippen LogP contribution < -0.4 is 4.90 Å². The molecule has 5 aliphatic carbocycles. The van der Waals surface area contributed by atoms with Crippen molar-refractivity contribution in [3.8, 4) is 0 Å². The summed E-state index contributed by atoms with van der Waals surface area (Å²) in [5.41, 5.74) is 9.89. The molecule has 12 rings (SSSR count). The number of nitro benzene ring substituents is 1. The Hall–Kier alpha value is -5.18. The second-order valence-corrected chi connectivity index (χ2v) is 15.4. The molecule has 0 aromatic heterocycles. The largest absolute Gasteiger partial charge is 0.352 e. The minimum Gasteiger partial charge on any atom is -0.352 e. The van der Waals surface area contributed by atoms with Gasteiger partial charge in [0.05, 0.1) is 29.1 Å². The molecule has 0 N–H and O–H groups in total. The number of carbonyl (C=O) groups excluding carboxylic acids is 2. The highest BCUT2D eigenvalue weighted by Crippen LogP contribution is 2.62. The SMILES string of the molecule is O=C1[C@@H]2[C@@H]3c4ccccc4[C@@H](c4cc5c(cc43)C[C@H]3Cc4cc6ccccc6cc4C[C@@H](C5)C34COCO4)[C@@H]2C(=O)N1c1ccc([N+](=O)[O-])cc1. The van der Waals surface area contributed by atoms with Crippen LogP contribution in [-0.4, -0.2) is 35.7 Å². The Labute approximate surface area is 294 Å². The molecule has 51 heavy (non-hydrogen) atoms. The number of hydrogen-bond donors (Lipinski definition) is 0. The quantitative estimate of drug-likeness (QED) is 0.113. The van der Waals surface area contributed by atoms with E-state index in [0.717, 1.165) is 47.9 Å². The second kappa shape index (κ2) is 10.4. The minimum atomic E-state index is -0.538. The summed E-state index contributed by atoms with van der Waals surface area (Å²) in [5.74, 6) is -1.60. The molecule has 7 aliphatic rings. The molecule has 2 heterocycles. The topological polar surface area (TPSA) is 99.0 Å². The molecular formula is C43H34N2O6. The van der Waals surface area contributed by atoms with E-state index in [1.165, 1.54) is 62.2 Å². The van der Waals surface area contributed by atoms with Gasteiger partial charge in [-0.1, -0.05) is 72.8 Å². The van der Waals surface area contributed by atoms with Crippen molar-refractivity contribution in [1.29, 1.82) is 0 Å². The van der Waals surface area contributed by atoms with Crippen molar-refractivity contribution in [3.05, 3.63) is 152 Å². The van der Waals surface area contributed by atoms with E-state index in [-0.39, 0.29) is 46.8 Å². The maximum absolute atomic E-state index is 14.4. The predicted molar refractivity (Wildman–Crippen MR) is 190 cm³/mol. The van der Waals surface area contributed by atoms with Gasteiger partial charge in [-0.2, -0.15) is 0 Å². The van der Waals surface area contributed by atoms with Gasteiger partial charge in [-0.05, 0) is 105 Å². The van der Waals surface area contributed by atoms with Crippen molar-refractivity contribution < 1.29 is 24.0 Å². The lowest BCUT2D eigenvalue weighted by molar-refractivity contribution is -0.384. The molecule has 0 saturated carbocycles. The van der Waals surface area contributed by atoms with Crippen LogP contribution in [0.4, 0.5) is 11.4 Å². The third kappa shape index (κ3) is 3.97. The summed E-state index contributed by atoms with van der Waals surface area (Å²) in [4.78, 5) is 41.0. The lowest BCUT2D eigenvalue weighted by Crippen LogP contribution is -2.48. The number of anilines is 1. The van der Waals surface area contributed by atoms with Crippen LogP contribution in [0.1, 0.15) is 56.3 Å². The molecule has 2 amide bonds. The van der Waals surface area contributed by atoms with Gasteiger partial charge in [0, 0.05) is 24.0 Å². The van der Waals surface area contributed by atoms with E-state index in [9.17, 15) is 19.7 Å². The maximum atomic E-state index is 14.4. The zero-order valence-electron chi connectivity index (χ0n) is 27.8. The van der Waals surface area contributed by atoms with Crippen LogP contribution in [0.25, 0.3) is 10.8 Å². The van der Waals surface area contributed by atoms with Gasteiger partial charge < -0.3 is 9.47 Å². The van der Waals surface area contributed by atoms with E-state index in [1.54, 1.807) is 0 Å². The van der Waals surface area contributed by atoms with Crippen LogP contribution in [0.2, 0.25) is 0 Å². The number of rotatable bonds is 2. The van der Waals surface area contributed by atoms with E-state index in [1.807, 2.05) is 12.1 Å². The Morgan fingerprint density at radius 2 is 1.14 bits per heavy atom. The molecule has 2 saturated heterocycles. The average molecular weight is 675 g/mol. The molecule has 252 valence electrons. The Bertz CT molecular complexity index is 2230. The van der Waals surface area contributed by atoms with Gasteiger partial charge in [0.2, 0.25) is 11.8 Å². The maximum Gasteiger partial charge on any atom is 0.269 e. The molecular weight excluding hydrogens is 640 g/mol. The Morgan fingerprint density at radius 3 is 1.61 bits per heavy atom. The van der Waals surface area contributed by atoms with Crippen LogP contribution in [0.3, 0.4) is 0 Å². The van der Waals surface area contributed by atoms with Gasteiger partial charge in [-0.15, -0.1) is 0 Å². The third-order valence-corrected chi connectivity index (χ3v) is 13.2. The van der Waals surface area contributed by atoms with Gasteiger partial charge in [0.1, 0.15) is 12.4 Å². The molecule has 2 aliphatic heterocycles. The van der Waals surface area contributed by atoms with Crippen molar-refractivity contribution >= 4 is 34.0 Å². The smallest absolute Gasteiger partial charge is 0.269 e. The monoisotopic (exact) mass is 674 g/mol. The number of non-ortho nitro benzene ring substituents is 1. The van der Waals surface area contributed by atoms with Crippen LogP contribution in [0.5, 0.6) is 0 Å².